The number of likely N-dealkylation sites (N-methyl/N-ethyl adjacent to an activating group) is 1. The summed E-state index contributed by atoms with van der Waals surface area (Å²) in [6, 6.07) is 5.59. The molecule has 2 rings (SSSR count). The second-order valence-electron chi connectivity index (χ2n) is 4.53. The van der Waals surface area contributed by atoms with Crippen molar-refractivity contribution in [2.75, 3.05) is 20.1 Å². The van der Waals surface area contributed by atoms with Gasteiger partial charge in [0.2, 0.25) is 5.91 Å². The van der Waals surface area contributed by atoms with Crippen LogP contribution in [0.4, 0.5) is 0 Å². The number of carbonyl (C=O) groups is 1. The largest absolute Gasteiger partial charge is 0.347 e. The SMILES string of the molecule is C[NH2+]CCN1C(=O)[C@H](C)S[C@H]1c1ccc(Cl)c(Cl)c1. The molecule has 1 amide bonds. The van der Waals surface area contributed by atoms with Gasteiger partial charge in [0.05, 0.1) is 35.4 Å². The van der Waals surface area contributed by atoms with Gasteiger partial charge in [-0.05, 0) is 24.6 Å². The number of nitrogens with zero attached hydrogens (tertiary/aromatic N) is 1. The molecule has 1 fully saturated rings. The van der Waals surface area contributed by atoms with Crippen LogP contribution in [0.3, 0.4) is 0 Å². The number of amides is 1. The molecule has 3 nitrogen and oxygen atoms in total. The first kappa shape index (κ1) is 15.0. The minimum absolute atomic E-state index is 0.00342. The molecule has 0 unspecified atom stereocenters. The van der Waals surface area contributed by atoms with E-state index in [1.54, 1.807) is 17.8 Å². The Kier molecular flexibility index (Phi) is 5.01. The first-order valence-corrected chi connectivity index (χ1v) is 7.93. The van der Waals surface area contributed by atoms with Crippen LogP contribution < -0.4 is 5.32 Å². The van der Waals surface area contributed by atoms with Crippen molar-refractivity contribution in [2.45, 2.75) is 17.5 Å². The van der Waals surface area contributed by atoms with Crippen molar-refractivity contribution in [2.24, 2.45) is 0 Å². The van der Waals surface area contributed by atoms with Gasteiger partial charge >= 0.3 is 0 Å². The number of nitrogens with two attached hydrogens (primary N) is 1. The maximum absolute atomic E-state index is 12.2. The Morgan fingerprint density at radius 2 is 2.11 bits per heavy atom. The number of hydrogen-bond donors (Lipinski definition) is 1. The zero-order chi connectivity index (χ0) is 14.0. The predicted octanol–water partition coefficient (Wildman–Crippen LogP) is 2.15. The quantitative estimate of drug-likeness (QED) is 0.923. The smallest absolute Gasteiger partial charge is 0.236 e. The minimum atomic E-state index is -0.00342. The zero-order valence-corrected chi connectivity index (χ0v) is 13.2. The van der Waals surface area contributed by atoms with Crippen molar-refractivity contribution in [3.63, 3.8) is 0 Å². The molecule has 0 saturated carbocycles. The van der Waals surface area contributed by atoms with Crippen molar-refractivity contribution >= 4 is 40.9 Å². The molecule has 1 aliphatic rings. The monoisotopic (exact) mass is 319 g/mol. The predicted molar refractivity (Wildman–Crippen MR) is 80.7 cm³/mol. The van der Waals surface area contributed by atoms with Crippen molar-refractivity contribution in [1.82, 2.24) is 4.90 Å². The molecule has 19 heavy (non-hydrogen) atoms. The summed E-state index contributed by atoms with van der Waals surface area (Å²) >= 11 is 13.7. The number of halogens is 2. The number of hydrogen-bond acceptors (Lipinski definition) is 2. The summed E-state index contributed by atoms with van der Waals surface area (Å²) in [5.41, 5.74) is 1.04. The molecule has 0 aliphatic carbocycles. The van der Waals surface area contributed by atoms with Crippen LogP contribution in [0.25, 0.3) is 0 Å². The van der Waals surface area contributed by atoms with Crippen molar-refractivity contribution in [3.8, 4) is 0 Å². The summed E-state index contributed by atoms with van der Waals surface area (Å²) < 4.78 is 0. The highest BCUT2D eigenvalue weighted by atomic mass is 35.5. The van der Waals surface area contributed by atoms with E-state index in [9.17, 15) is 4.79 Å². The molecule has 2 atom stereocenters. The minimum Gasteiger partial charge on any atom is -0.347 e. The number of thioether (sulfide) groups is 1. The number of carbonyl (C=O) groups excluding carboxylic acids is 1. The highest BCUT2D eigenvalue weighted by molar-refractivity contribution is 8.01. The Morgan fingerprint density at radius 3 is 2.74 bits per heavy atom. The lowest BCUT2D eigenvalue weighted by Crippen LogP contribution is -2.81. The van der Waals surface area contributed by atoms with Crippen LogP contribution in [0.15, 0.2) is 18.2 Å². The van der Waals surface area contributed by atoms with Crippen LogP contribution in [-0.4, -0.2) is 36.2 Å². The van der Waals surface area contributed by atoms with Crippen LogP contribution in [0.2, 0.25) is 10.0 Å². The van der Waals surface area contributed by atoms with Gasteiger partial charge in [0.15, 0.2) is 0 Å². The summed E-state index contributed by atoms with van der Waals surface area (Å²) in [5, 5.41) is 3.19. The van der Waals surface area contributed by atoms with Gasteiger partial charge < -0.3 is 10.2 Å². The highest BCUT2D eigenvalue weighted by Gasteiger charge is 2.38. The third-order valence-corrected chi connectivity index (χ3v) is 5.27. The topological polar surface area (TPSA) is 36.9 Å². The van der Waals surface area contributed by atoms with Crippen LogP contribution >= 0.6 is 35.0 Å². The second kappa shape index (κ2) is 6.35. The van der Waals surface area contributed by atoms with Crippen LogP contribution in [0.1, 0.15) is 17.9 Å². The molecule has 6 heteroatoms. The van der Waals surface area contributed by atoms with Gasteiger partial charge in [-0.2, -0.15) is 0 Å². The standard InChI is InChI=1S/C13H16Cl2N2OS/c1-8-12(18)17(6-5-16-2)13(19-8)9-3-4-10(14)11(15)7-9/h3-4,7-8,13,16H,5-6H2,1-2H3/p+1/t8-,13-/m0/s1. The Labute approximate surface area is 127 Å². The lowest BCUT2D eigenvalue weighted by Gasteiger charge is -2.23. The second-order valence-corrected chi connectivity index (χ2v) is 6.77. The van der Waals surface area contributed by atoms with Crippen molar-refractivity contribution in [3.05, 3.63) is 33.8 Å². The van der Waals surface area contributed by atoms with Gasteiger partial charge in [0.25, 0.3) is 0 Å². The van der Waals surface area contributed by atoms with Crippen LogP contribution in [0, 0.1) is 0 Å². The molecular weight excluding hydrogens is 303 g/mol. The first-order valence-electron chi connectivity index (χ1n) is 6.23. The average Bonchev–Trinajstić information content (AvgIpc) is 2.67. The maximum Gasteiger partial charge on any atom is 0.236 e. The van der Waals surface area contributed by atoms with E-state index < -0.39 is 0 Å². The van der Waals surface area contributed by atoms with Gasteiger partial charge in [-0.3, -0.25) is 4.79 Å². The molecule has 104 valence electrons. The number of benzene rings is 1. The molecule has 1 aromatic rings. The van der Waals surface area contributed by atoms with Crippen LogP contribution in [-0.2, 0) is 4.79 Å². The summed E-state index contributed by atoms with van der Waals surface area (Å²) in [6.45, 7) is 3.60. The van der Waals surface area contributed by atoms with Crippen LogP contribution in [0.5, 0.6) is 0 Å². The molecule has 1 aliphatic heterocycles. The van der Waals surface area contributed by atoms with Gasteiger partial charge in [-0.1, -0.05) is 29.3 Å². The fraction of sp³-hybridized carbons (Fsp3) is 0.462. The number of quaternary nitrogens is 1. The molecule has 1 saturated heterocycles. The highest BCUT2D eigenvalue weighted by Crippen LogP contribution is 2.43. The van der Waals surface area contributed by atoms with Crippen molar-refractivity contribution < 1.29 is 10.1 Å². The van der Waals surface area contributed by atoms with E-state index in [2.05, 4.69) is 5.32 Å². The summed E-state index contributed by atoms with van der Waals surface area (Å²) in [4.78, 5) is 14.1. The van der Waals surface area contributed by atoms with E-state index in [4.69, 9.17) is 23.2 Å². The summed E-state index contributed by atoms with van der Waals surface area (Å²) in [5.74, 6) is 0.197. The van der Waals surface area contributed by atoms with Gasteiger partial charge in [-0.25, -0.2) is 0 Å². The van der Waals surface area contributed by atoms with E-state index in [1.807, 2.05) is 31.0 Å². The Hall–Kier alpha value is -0.420. The fourth-order valence-electron chi connectivity index (χ4n) is 2.09. The lowest BCUT2D eigenvalue weighted by atomic mass is 10.2. The normalized spacial score (nSPS) is 23.2. The third kappa shape index (κ3) is 3.19. The zero-order valence-electron chi connectivity index (χ0n) is 10.9. The van der Waals surface area contributed by atoms with E-state index >= 15 is 0 Å². The van der Waals surface area contributed by atoms with Gasteiger partial charge in [-0.15, -0.1) is 11.8 Å². The Balaban J connectivity index is 2.25. The molecule has 0 spiro atoms. The molecule has 0 aromatic heterocycles. The third-order valence-electron chi connectivity index (χ3n) is 3.13. The van der Waals surface area contributed by atoms with E-state index in [0.717, 1.165) is 18.7 Å². The van der Waals surface area contributed by atoms with E-state index in [-0.39, 0.29) is 16.5 Å². The lowest BCUT2D eigenvalue weighted by molar-refractivity contribution is -0.626. The molecule has 0 bridgehead atoms. The molecule has 0 radical (unpaired) electrons. The Bertz CT molecular complexity index is 484. The molecular formula is C13H17Cl2N2OS+. The average molecular weight is 320 g/mol. The van der Waals surface area contributed by atoms with Gasteiger partial charge in [0.1, 0.15) is 5.37 Å². The molecule has 1 heterocycles. The Morgan fingerprint density at radius 1 is 1.37 bits per heavy atom. The molecule has 2 N–H and O–H groups in total. The fourth-order valence-corrected chi connectivity index (χ4v) is 3.70. The maximum atomic E-state index is 12.2. The van der Waals surface area contributed by atoms with E-state index in [0.29, 0.717) is 10.0 Å². The van der Waals surface area contributed by atoms with Crippen molar-refractivity contribution in [1.29, 1.82) is 0 Å². The number of rotatable bonds is 4. The first-order chi connectivity index (χ1) is 9.04. The molecule has 1 aromatic carbocycles. The summed E-state index contributed by atoms with van der Waals surface area (Å²) in [6.07, 6.45) is 0. The van der Waals surface area contributed by atoms with Gasteiger partial charge in [0, 0.05) is 0 Å². The van der Waals surface area contributed by atoms with E-state index in [1.165, 1.54) is 0 Å². The summed E-state index contributed by atoms with van der Waals surface area (Å²) in [7, 11) is 2.01.